The van der Waals surface area contributed by atoms with Crippen molar-refractivity contribution in [3.05, 3.63) is 89.5 Å². The molecule has 3 N–H and O–H groups in total. The van der Waals surface area contributed by atoms with Crippen LogP contribution in [0.3, 0.4) is 0 Å². The number of pyridine rings is 2. The molecule has 0 aliphatic carbocycles. The standard InChI is InChI=1S/C22H21FN6O/c23-17-4-3-8-26-20(17)13-27-22(30)16-10-15(11-25-12-16)7-9-24-14-21-28-18-5-1-2-6-19(18)29-21/h1-6,8,10-12,24H,7,9,13-14H2,(H,27,30)(H,28,29). The summed E-state index contributed by atoms with van der Waals surface area (Å²) in [6.45, 7) is 1.36. The summed E-state index contributed by atoms with van der Waals surface area (Å²) in [7, 11) is 0. The van der Waals surface area contributed by atoms with Crippen molar-refractivity contribution in [2.75, 3.05) is 6.54 Å². The summed E-state index contributed by atoms with van der Waals surface area (Å²) in [5, 5.41) is 6.02. The fraction of sp³-hybridized carbons (Fsp3) is 0.182. The van der Waals surface area contributed by atoms with E-state index in [2.05, 4.69) is 30.6 Å². The lowest BCUT2D eigenvalue weighted by Gasteiger charge is -2.07. The first kappa shape index (κ1) is 19.7. The molecule has 0 fully saturated rings. The first-order chi connectivity index (χ1) is 14.7. The number of aromatic nitrogens is 4. The zero-order chi connectivity index (χ0) is 20.8. The highest BCUT2D eigenvalue weighted by molar-refractivity contribution is 5.93. The molecule has 152 valence electrons. The summed E-state index contributed by atoms with van der Waals surface area (Å²) in [6.07, 6.45) is 5.43. The fourth-order valence-corrected chi connectivity index (χ4v) is 3.09. The van der Waals surface area contributed by atoms with Gasteiger partial charge in [0, 0.05) is 18.6 Å². The molecule has 30 heavy (non-hydrogen) atoms. The molecule has 0 bridgehead atoms. The number of halogens is 1. The molecule has 3 heterocycles. The largest absolute Gasteiger partial charge is 0.346 e. The number of nitrogens with zero attached hydrogens (tertiary/aromatic N) is 3. The van der Waals surface area contributed by atoms with Crippen molar-refractivity contribution in [2.45, 2.75) is 19.5 Å². The van der Waals surface area contributed by atoms with Crippen molar-refractivity contribution < 1.29 is 9.18 Å². The average molecular weight is 404 g/mol. The highest BCUT2D eigenvalue weighted by Crippen LogP contribution is 2.10. The Balaban J connectivity index is 1.27. The molecule has 0 aliphatic heterocycles. The minimum absolute atomic E-state index is 0.0226. The number of rotatable bonds is 8. The van der Waals surface area contributed by atoms with Gasteiger partial charge in [-0.1, -0.05) is 12.1 Å². The minimum Gasteiger partial charge on any atom is -0.346 e. The second-order valence-electron chi connectivity index (χ2n) is 6.82. The number of amides is 1. The van der Waals surface area contributed by atoms with Crippen molar-refractivity contribution in [1.29, 1.82) is 0 Å². The molecule has 0 unspecified atom stereocenters. The number of hydrogen-bond donors (Lipinski definition) is 3. The van der Waals surface area contributed by atoms with Gasteiger partial charge in [0.25, 0.3) is 5.91 Å². The maximum Gasteiger partial charge on any atom is 0.253 e. The van der Waals surface area contributed by atoms with E-state index in [4.69, 9.17) is 0 Å². The molecule has 0 saturated heterocycles. The Morgan fingerprint density at radius 1 is 1.10 bits per heavy atom. The maximum atomic E-state index is 13.6. The Hall–Kier alpha value is -3.65. The lowest BCUT2D eigenvalue weighted by molar-refractivity contribution is 0.0949. The van der Waals surface area contributed by atoms with Crippen LogP contribution in [-0.2, 0) is 19.5 Å². The van der Waals surface area contributed by atoms with Gasteiger partial charge in [0.2, 0.25) is 0 Å². The summed E-state index contributed by atoms with van der Waals surface area (Å²) in [6, 6.07) is 12.5. The van der Waals surface area contributed by atoms with Gasteiger partial charge in [0.05, 0.1) is 35.4 Å². The zero-order valence-corrected chi connectivity index (χ0v) is 16.2. The summed E-state index contributed by atoms with van der Waals surface area (Å²) < 4.78 is 13.6. The Bertz CT molecular complexity index is 1130. The Morgan fingerprint density at radius 3 is 2.87 bits per heavy atom. The smallest absolute Gasteiger partial charge is 0.253 e. The lowest BCUT2D eigenvalue weighted by Crippen LogP contribution is -2.24. The van der Waals surface area contributed by atoms with Crippen molar-refractivity contribution >= 4 is 16.9 Å². The second-order valence-corrected chi connectivity index (χ2v) is 6.82. The van der Waals surface area contributed by atoms with E-state index in [-0.39, 0.29) is 18.1 Å². The second kappa shape index (κ2) is 9.23. The van der Waals surface area contributed by atoms with Crippen LogP contribution in [0.15, 0.2) is 61.1 Å². The lowest BCUT2D eigenvalue weighted by atomic mass is 10.1. The monoisotopic (exact) mass is 404 g/mol. The number of nitrogens with one attached hydrogen (secondary N) is 3. The quantitative estimate of drug-likeness (QED) is 0.393. The number of imidazole rings is 1. The zero-order valence-electron chi connectivity index (χ0n) is 16.2. The van der Waals surface area contributed by atoms with E-state index in [1.165, 1.54) is 24.5 Å². The van der Waals surface area contributed by atoms with E-state index < -0.39 is 5.82 Å². The van der Waals surface area contributed by atoms with Crippen LogP contribution in [0.1, 0.15) is 27.4 Å². The molecule has 0 radical (unpaired) electrons. The topological polar surface area (TPSA) is 95.6 Å². The minimum atomic E-state index is -0.444. The number of aromatic amines is 1. The number of para-hydroxylation sites is 2. The highest BCUT2D eigenvalue weighted by atomic mass is 19.1. The molecule has 1 amide bonds. The van der Waals surface area contributed by atoms with E-state index in [1.807, 2.05) is 24.3 Å². The third kappa shape index (κ3) is 4.84. The normalized spacial score (nSPS) is 11.0. The Morgan fingerprint density at radius 2 is 2.00 bits per heavy atom. The van der Waals surface area contributed by atoms with Gasteiger partial charge >= 0.3 is 0 Å². The van der Waals surface area contributed by atoms with Crippen LogP contribution in [0.5, 0.6) is 0 Å². The molecule has 0 atom stereocenters. The molecule has 4 aromatic rings. The van der Waals surface area contributed by atoms with Crippen molar-refractivity contribution in [2.24, 2.45) is 0 Å². The van der Waals surface area contributed by atoms with E-state index in [9.17, 15) is 9.18 Å². The van der Waals surface area contributed by atoms with Gasteiger partial charge in [-0.2, -0.15) is 0 Å². The molecule has 0 saturated carbocycles. The van der Waals surface area contributed by atoms with Gasteiger partial charge in [0.15, 0.2) is 0 Å². The summed E-state index contributed by atoms with van der Waals surface area (Å²) in [5.74, 6) is 0.119. The molecular weight excluding hydrogens is 383 g/mol. The molecule has 4 rings (SSSR count). The van der Waals surface area contributed by atoms with Crippen LogP contribution >= 0.6 is 0 Å². The first-order valence-electron chi connectivity index (χ1n) is 9.65. The predicted molar refractivity (Wildman–Crippen MR) is 111 cm³/mol. The van der Waals surface area contributed by atoms with Crippen LogP contribution < -0.4 is 10.6 Å². The number of H-pyrrole nitrogens is 1. The van der Waals surface area contributed by atoms with Gasteiger partial charge in [0.1, 0.15) is 11.6 Å². The number of hydrogen-bond acceptors (Lipinski definition) is 5. The highest BCUT2D eigenvalue weighted by Gasteiger charge is 2.09. The van der Waals surface area contributed by atoms with Crippen molar-refractivity contribution in [3.8, 4) is 0 Å². The maximum absolute atomic E-state index is 13.6. The molecule has 8 heteroatoms. The van der Waals surface area contributed by atoms with Crippen LogP contribution in [0.4, 0.5) is 4.39 Å². The van der Waals surface area contributed by atoms with E-state index in [0.717, 1.165) is 22.4 Å². The van der Waals surface area contributed by atoms with E-state index in [1.54, 1.807) is 12.3 Å². The third-order valence-electron chi connectivity index (χ3n) is 4.63. The van der Waals surface area contributed by atoms with Gasteiger partial charge in [-0.05, 0) is 48.9 Å². The summed E-state index contributed by atoms with van der Waals surface area (Å²) in [4.78, 5) is 28.2. The van der Waals surface area contributed by atoms with Crippen LogP contribution in [0.2, 0.25) is 0 Å². The van der Waals surface area contributed by atoms with Crippen LogP contribution in [0, 0.1) is 5.82 Å². The Labute approximate surface area is 172 Å². The number of benzene rings is 1. The number of fused-ring (bicyclic) bond motifs is 1. The Kier molecular flexibility index (Phi) is 6.05. The third-order valence-corrected chi connectivity index (χ3v) is 4.63. The predicted octanol–water partition coefficient (Wildman–Crippen LogP) is 2.75. The van der Waals surface area contributed by atoms with Crippen molar-refractivity contribution in [1.82, 2.24) is 30.6 Å². The molecular formula is C22H21FN6O. The first-order valence-corrected chi connectivity index (χ1v) is 9.65. The molecule has 7 nitrogen and oxygen atoms in total. The molecule has 3 aromatic heterocycles. The van der Waals surface area contributed by atoms with Gasteiger partial charge < -0.3 is 15.6 Å². The van der Waals surface area contributed by atoms with Gasteiger partial charge in [-0.25, -0.2) is 9.37 Å². The van der Waals surface area contributed by atoms with E-state index in [0.29, 0.717) is 25.1 Å². The van der Waals surface area contributed by atoms with E-state index >= 15 is 0 Å². The van der Waals surface area contributed by atoms with Crippen LogP contribution in [-0.4, -0.2) is 32.4 Å². The fourth-order valence-electron chi connectivity index (χ4n) is 3.09. The van der Waals surface area contributed by atoms with Crippen LogP contribution in [0.25, 0.3) is 11.0 Å². The number of carbonyl (C=O) groups excluding carboxylic acids is 1. The summed E-state index contributed by atoms with van der Waals surface area (Å²) in [5.41, 5.74) is 3.53. The number of carbonyl (C=O) groups is 1. The van der Waals surface area contributed by atoms with Crippen molar-refractivity contribution in [3.63, 3.8) is 0 Å². The molecule has 0 aliphatic rings. The molecule has 1 aromatic carbocycles. The van der Waals surface area contributed by atoms with Gasteiger partial charge in [-0.3, -0.25) is 14.8 Å². The average Bonchev–Trinajstić information content (AvgIpc) is 3.19. The SMILES string of the molecule is O=C(NCc1ncccc1F)c1cncc(CCNCc2nc3ccccc3[nH]2)c1. The molecule has 0 spiro atoms. The van der Waals surface area contributed by atoms with Gasteiger partial charge in [-0.15, -0.1) is 0 Å². The summed E-state index contributed by atoms with van der Waals surface area (Å²) >= 11 is 0.